The number of aromatic nitrogens is 4. The maximum absolute atomic E-state index is 12.6. The number of hydrogen-bond acceptors (Lipinski definition) is 5. The maximum Gasteiger partial charge on any atom is 0.255 e. The number of nitrogens with zero attached hydrogens (tertiary/aromatic N) is 4. The molecule has 32 heavy (non-hydrogen) atoms. The molecule has 3 aromatic heterocycles. The Bertz CT molecular complexity index is 1440. The number of anilines is 2. The van der Waals surface area contributed by atoms with Crippen molar-refractivity contribution in [2.75, 3.05) is 11.1 Å². The first-order valence-corrected chi connectivity index (χ1v) is 10.1. The number of nitrogens with two attached hydrogens (primary N) is 1. The monoisotopic (exact) mass is 420 g/mol. The molecule has 0 aliphatic heterocycles. The highest BCUT2D eigenvalue weighted by Gasteiger charge is 2.12. The van der Waals surface area contributed by atoms with Crippen LogP contribution in [0.2, 0.25) is 0 Å². The number of benzene rings is 2. The molecule has 0 saturated carbocycles. The number of nitrogens with one attached hydrogen (secondary N) is 1. The molecule has 7 heteroatoms. The van der Waals surface area contributed by atoms with E-state index in [0.29, 0.717) is 22.9 Å². The highest BCUT2D eigenvalue weighted by atomic mass is 16.1. The first-order chi connectivity index (χ1) is 15.6. The molecule has 0 saturated heterocycles. The number of aryl methyl sites for hydroxylation is 1. The normalized spacial score (nSPS) is 10.9. The van der Waals surface area contributed by atoms with Crippen molar-refractivity contribution in [3.63, 3.8) is 0 Å². The Hall–Kier alpha value is -4.52. The third-order valence-electron chi connectivity index (χ3n) is 5.30. The molecule has 0 unspecified atom stereocenters. The molecule has 5 rings (SSSR count). The molecule has 3 heterocycles. The van der Waals surface area contributed by atoms with Crippen molar-refractivity contribution < 1.29 is 4.79 Å². The Morgan fingerprint density at radius 3 is 2.62 bits per heavy atom. The fraction of sp³-hybridized carbons (Fsp3) is 0.0400. The number of carbonyl (C=O) groups excluding carboxylic acids is 1. The summed E-state index contributed by atoms with van der Waals surface area (Å²) < 4.78 is 1.95. The van der Waals surface area contributed by atoms with Crippen molar-refractivity contribution in [1.82, 2.24) is 19.5 Å². The van der Waals surface area contributed by atoms with Crippen LogP contribution in [0, 0.1) is 6.92 Å². The third kappa shape index (κ3) is 3.67. The van der Waals surface area contributed by atoms with Crippen molar-refractivity contribution >= 4 is 28.3 Å². The zero-order valence-corrected chi connectivity index (χ0v) is 17.4. The topological polar surface area (TPSA) is 98.7 Å². The molecule has 0 aliphatic rings. The lowest BCUT2D eigenvalue weighted by Gasteiger charge is -2.11. The average Bonchev–Trinajstić information content (AvgIpc) is 3.24. The summed E-state index contributed by atoms with van der Waals surface area (Å²) in [4.78, 5) is 25.5. The van der Waals surface area contributed by atoms with Crippen LogP contribution in [-0.2, 0) is 0 Å². The van der Waals surface area contributed by atoms with Crippen LogP contribution in [0.4, 0.5) is 11.5 Å². The van der Waals surface area contributed by atoms with E-state index in [1.54, 1.807) is 18.2 Å². The van der Waals surface area contributed by atoms with Crippen LogP contribution in [0.5, 0.6) is 0 Å². The van der Waals surface area contributed by atoms with Gasteiger partial charge in [-0.15, -0.1) is 0 Å². The van der Waals surface area contributed by atoms with Crippen LogP contribution in [0.15, 0.2) is 85.5 Å². The molecule has 2 aromatic carbocycles. The van der Waals surface area contributed by atoms with Crippen LogP contribution in [0.25, 0.3) is 28.0 Å². The third-order valence-corrected chi connectivity index (χ3v) is 5.30. The zero-order chi connectivity index (χ0) is 22.1. The number of fused-ring (bicyclic) bond motifs is 1. The lowest BCUT2D eigenvalue weighted by atomic mass is 10.0. The Kier molecular flexibility index (Phi) is 4.84. The van der Waals surface area contributed by atoms with Gasteiger partial charge in [-0.3, -0.25) is 9.78 Å². The minimum atomic E-state index is -0.154. The Labute approximate surface area is 184 Å². The smallest absolute Gasteiger partial charge is 0.255 e. The van der Waals surface area contributed by atoms with Gasteiger partial charge in [0.2, 0.25) is 0 Å². The van der Waals surface area contributed by atoms with Gasteiger partial charge in [-0.1, -0.05) is 24.3 Å². The standard InChI is InChI=1S/C25H20N6O/c1-16-7-8-19(30-25(32)17-5-3-2-4-6-17)11-20(16)21-12-22-18(14-27-21)9-10-31(22)24-13-23(26)28-15-29-24/h2-15H,1H3,(H,30,32)(H2,26,28,29). The van der Waals surface area contributed by atoms with Crippen LogP contribution < -0.4 is 11.1 Å². The molecular formula is C25H20N6O. The second kappa shape index (κ2) is 7.96. The molecule has 0 spiro atoms. The summed E-state index contributed by atoms with van der Waals surface area (Å²) in [7, 11) is 0. The summed E-state index contributed by atoms with van der Waals surface area (Å²) in [5, 5.41) is 3.95. The molecule has 0 atom stereocenters. The van der Waals surface area contributed by atoms with Gasteiger partial charge in [0.25, 0.3) is 5.91 Å². The fourth-order valence-corrected chi connectivity index (χ4v) is 3.64. The van der Waals surface area contributed by atoms with E-state index in [1.165, 1.54) is 6.33 Å². The molecular weight excluding hydrogens is 400 g/mol. The summed E-state index contributed by atoms with van der Waals surface area (Å²) in [6.45, 7) is 2.02. The van der Waals surface area contributed by atoms with Gasteiger partial charge in [0.1, 0.15) is 18.0 Å². The molecule has 0 fully saturated rings. The summed E-state index contributed by atoms with van der Waals surface area (Å²) in [6.07, 6.45) is 5.21. The van der Waals surface area contributed by atoms with E-state index in [9.17, 15) is 4.79 Å². The zero-order valence-electron chi connectivity index (χ0n) is 17.4. The molecule has 0 aliphatic carbocycles. The Balaban J connectivity index is 1.53. The van der Waals surface area contributed by atoms with Crippen LogP contribution in [0.3, 0.4) is 0 Å². The van der Waals surface area contributed by atoms with Crippen LogP contribution >= 0.6 is 0 Å². The van der Waals surface area contributed by atoms with Crippen LogP contribution in [0.1, 0.15) is 15.9 Å². The Morgan fingerprint density at radius 2 is 1.81 bits per heavy atom. The molecule has 1 amide bonds. The first-order valence-electron chi connectivity index (χ1n) is 10.1. The van der Waals surface area contributed by atoms with Gasteiger partial charge < -0.3 is 15.6 Å². The predicted octanol–water partition coefficient (Wildman–Crippen LogP) is 4.63. The molecule has 0 bridgehead atoms. The number of carbonyl (C=O) groups is 1. The molecule has 0 radical (unpaired) electrons. The van der Waals surface area contributed by atoms with Gasteiger partial charge in [0.05, 0.1) is 11.2 Å². The van der Waals surface area contributed by atoms with Gasteiger partial charge in [0.15, 0.2) is 0 Å². The Morgan fingerprint density at radius 1 is 0.969 bits per heavy atom. The maximum atomic E-state index is 12.6. The summed E-state index contributed by atoms with van der Waals surface area (Å²) in [6, 6.07) is 20.7. The van der Waals surface area contributed by atoms with Crippen molar-refractivity contribution in [2.24, 2.45) is 0 Å². The summed E-state index contributed by atoms with van der Waals surface area (Å²) in [5.74, 6) is 0.938. The summed E-state index contributed by atoms with van der Waals surface area (Å²) >= 11 is 0. The number of rotatable bonds is 4. The van der Waals surface area contributed by atoms with E-state index < -0.39 is 0 Å². The molecule has 156 valence electrons. The predicted molar refractivity (Wildman–Crippen MR) is 126 cm³/mol. The summed E-state index contributed by atoms with van der Waals surface area (Å²) in [5.41, 5.74) is 10.9. The minimum Gasteiger partial charge on any atom is -0.384 e. The second-order valence-corrected chi connectivity index (χ2v) is 7.47. The van der Waals surface area contributed by atoms with Crippen molar-refractivity contribution in [1.29, 1.82) is 0 Å². The van der Waals surface area contributed by atoms with Gasteiger partial charge in [-0.25, -0.2) is 9.97 Å². The fourth-order valence-electron chi connectivity index (χ4n) is 3.64. The van der Waals surface area contributed by atoms with Gasteiger partial charge >= 0.3 is 0 Å². The lowest BCUT2D eigenvalue weighted by Crippen LogP contribution is -2.11. The highest BCUT2D eigenvalue weighted by Crippen LogP contribution is 2.29. The van der Waals surface area contributed by atoms with Crippen molar-refractivity contribution in [3.05, 3.63) is 96.6 Å². The average molecular weight is 420 g/mol. The van der Waals surface area contributed by atoms with E-state index in [1.807, 2.05) is 72.4 Å². The van der Waals surface area contributed by atoms with Crippen molar-refractivity contribution in [2.45, 2.75) is 6.92 Å². The van der Waals surface area contributed by atoms with Gasteiger partial charge in [-0.05, 0) is 48.9 Å². The van der Waals surface area contributed by atoms with Crippen molar-refractivity contribution in [3.8, 4) is 17.1 Å². The van der Waals surface area contributed by atoms with Gasteiger partial charge in [-0.2, -0.15) is 0 Å². The van der Waals surface area contributed by atoms with E-state index in [-0.39, 0.29) is 5.91 Å². The SMILES string of the molecule is Cc1ccc(NC(=O)c2ccccc2)cc1-c1cc2c(ccn2-c2cc(N)ncn2)cn1. The number of nitrogen functional groups attached to an aromatic ring is 1. The first kappa shape index (κ1) is 19.4. The molecule has 5 aromatic rings. The number of pyridine rings is 1. The van der Waals surface area contributed by atoms with E-state index in [0.717, 1.165) is 27.7 Å². The van der Waals surface area contributed by atoms with Crippen LogP contribution in [-0.4, -0.2) is 25.4 Å². The lowest BCUT2D eigenvalue weighted by molar-refractivity contribution is 0.102. The van der Waals surface area contributed by atoms with E-state index >= 15 is 0 Å². The minimum absolute atomic E-state index is 0.154. The quantitative estimate of drug-likeness (QED) is 0.442. The van der Waals surface area contributed by atoms with E-state index in [4.69, 9.17) is 5.73 Å². The number of hydrogen-bond donors (Lipinski definition) is 2. The second-order valence-electron chi connectivity index (χ2n) is 7.47. The number of amides is 1. The highest BCUT2D eigenvalue weighted by molar-refractivity contribution is 6.04. The largest absolute Gasteiger partial charge is 0.384 e. The van der Waals surface area contributed by atoms with E-state index in [2.05, 4.69) is 20.3 Å². The van der Waals surface area contributed by atoms with Gasteiger partial charge in [0, 0.05) is 40.7 Å². The molecule has 7 nitrogen and oxygen atoms in total. The molecule has 3 N–H and O–H groups in total.